The molecule has 0 N–H and O–H groups in total. The summed E-state index contributed by atoms with van der Waals surface area (Å²) in [6.45, 7) is 4.34. The van der Waals surface area contributed by atoms with Gasteiger partial charge in [-0.1, -0.05) is 30.5 Å². The highest BCUT2D eigenvalue weighted by Crippen LogP contribution is 2.27. The maximum atomic E-state index is 13.2. The van der Waals surface area contributed by atoms with E-state index < -0.39 is 6.04 Å². The van der Waals surface area contributed by atoms with Gasteiger partial charge in [0, 0.05) is 20.6 Å². The van der Waals surface area contributed by atoms with Gasteiger partial charge in [-0.2, -0.15) is 0 Å². The highest BCUT2D eigenvalue weighted by molar-refractivity contribution is 6.24. The van der Waals surface area contributed by atoms with Crippen molar-refractivity contribution < 1.29 is 18.9 Å². The Morgan fingerprint density at radius 1 is 1.23 bits per heavy atom. The molecule has 0 spiro atoms. The van der Waals surface area contributed by atoms with Gasteiger partial charge < -0.3 is 4.74 Å². The smallest absolute Gasteiger partial charge is 0.383 e. The summed E-state index contributed by atoms with van der Waals surface area (Å²) in [5, 5.41) is 0. The molecule has 3 aliphatic heterocycles. The van der Waals surface area contributed by atoms with Crippen LogP contribution in [0, 0.1) is 0 Å². The van der Waals surface area contributed by atoms with Crippen molar-refractivity contribution in [3.05, 3.63) is 29.8 Å². The van der Waals surface area contributed by atoms with E-state index in [0.29, 0.717) is 12.4 Å². The van der Waals surface area contributed by atoms with Gasteiger partial charge in [0.05, 0.1) is 26.2 Å². The Balaban J connectivity index is 1.63. The quantitative estimate of drug-likeness (QED) is 0.642. The fourth-order valence-corrected chi connectivity index (χ4v) is 4.31. The largest absolute Gasteiger partial charge is 0.397 e. The van der Waals surface area contributed by atoms with E-state index in [1.807, 2.05) is 4.58 Å². The van der Waals surface area contributed by atoms with Crippen molar-refractivity contribution in [2.45, 2.75) is 38.6 Å². The number of guanidine groups is 1. The molecule has 3 heterocycles. The Hall–Kier alpha value is -2.74. The number of carbonyl (C=O) groups is 2. The van der Waals surface area contributed by atoms with Crippen molar-refractivity contribution in [2.75, 3.05) is 45.3 Å². The van der Waals surface area contributed by atoms with Crippen molar-refractivity contribution in [3.8, 4) is 0 Å². The number of methoxy groups -OCH3 is 1. The first-order valence-electron chi connectivity index (χ1n) is 10.7. The van der Waals surface area contributed by atoms with Gasteiger partial charge in [0.25, 0.3) is 5.91 Å². The van der Waals surface area contributed by atoms with Crippen LogP contribution in [0.5, 0.6) is 0 Å². The van der Waals surface area contributed by atoms with Crippen LogP contribution in [0.1, 0.15) is 31.7 Å². The lowest BCUT2D eigenvalue weighted by molar-refractivity contribution is -0.539. The lowest BCUT2D eigenvalue weighted by Crippen LogP contribution is -2.63. The highest BCUT2D eigenvalue weighted by atomic mass is 16.5. The molecule has 1 saturated heterocycles. The number of amides is 3. The molecular formula is C22H30N5O3+. The van der Waals surface area contributed by atoms with Crippen LogP contribution in [0.3, 0.4) is 0 Å². The summed E-state index contributed by atoms with van der Waals surface area (Å²) in [5.41, 5.74) is 2.40. The molecule has 0 bridgehead atoms. The van der Waals surface area contributed by atoms with Gasteiger partial charge in [0.15, 0.2) is 0 Å². The van der Waals surface area contributed by atoms with E-state index in [0.717, 1.165) is 37.6 Å². The zero-order valence-corrected chi connectivity index (χ0v) is 18.0. The SMILES string of the molecule is CCCCc1ccc(N2CCC[N+]3=C2N=C2C3C(=O)N(CCOC)C(=O)N2C)cc1. The second kappa shape index (κ2) is 8.55. The Labute approximate surface area is 177 Å². The third-order valence-corrected chi connectivity index (χ3v) is 6.00. The van der Waals surface area contributed by atoms with Crippen molar-refractivity contribution in [1.82, 2.24) is 9.80 Å². The molecule has 0 saturated carbocycles. The predicted molar refractivity (Wildman–Crippen MR) is 115 cm³/mol. The number of hydrogen-bond acceptors (Lipinski definition) is 5. The number of aryl methyl sites for hydroxylation is 1. The van der Waals surface area contributed by atoms with Gasteiger partial charge in [-0.05, 0) is 30.5 Å². The molecule has 30 heavy (non-hydrogen) atoms. The summed E-state index contributed by atoms with van der Waals surface area (Å²) < 4.78 is 7.12. The number of aliphatic imine (C=N–C) groups is 1. The summed E-state index contributed by atoms with van der Waals surface area (Å²) in [6, 6.07) is 7.71. The second-order valence-electron chi connectivity index (χ2n) is 7.97. The molecule has 160 valence electrons. The molecule has 4 rings (SSSR count). The third-order valence-electron chi connectivity index (χ3n) is 6.00. The topological polar surface area (TPSA) is 68.5 Å². The number of carbonyl (C=O) groups excluding carboxylic acids is 2. The number of fused-ring (bicyclic) bond motifs is 2. The number of imide groups is 1. The first kappa shape index (κ1) is 20.5. The number of nitrogens with zero attached hydrogens (tertiary/aromatic N) is 5. The van der Waals surface area contributed by atoms with Gasteiger partial charge >= 0.3 is 12.0 Å². The minimum atomic E-state index is -0.550. The molecule has 1 aromatic carbocycles. The molecule has 1 unspecified atom stereocenters. The van der Waals surface area contributed by atoms with Crippen LogP contribution in [0.4, 0.5) is 10.5 Å². The van der Waals surface area contributed by atoms with Crippen LogP contribution in [0.25, 0.3) is 0 Å². The fourth-order valence-electron chi connectivity index (χ4n) is 4.31. The normalized spacial score (nSPS) is 21.2. The fraction of sp³-hybridized carbons (Fsp3) is 0.545. The molecule has 8 nitrogen and oxygen atoms in total. The molecular weight excluding hydrogens is 382 g/mol. The van der Waals surface area contributed by atoms with E-state index in [-0.39, 0.29) is 18.5 Å². The lowest BCUT2D eigenvalue weighted by atomic mass is 10.1. The number of anilines is 1. The van der Waals surface area contributed by atoms with Crippen molar-refractivity contribution >= 4 is 29.4 Å². The monoisotopic (exact) mass is 412 g/mol. The molecule has 3 amide bonds. The molecule has 0 aliphatic carbocycles. The summed E-state index contributed by atoms with van der Waals surface area (Å²) in [6.07, 6.45) is 4.37. The van der Waals surface area contributed by atoms with Crippen LogP contribution in [-0.2, 0) is 16.0 Å². The number of amidine groups is 1. The first-order chi connectivity index (χ1) is 14.6. The highest BCUT2D eigenvalue weighted by Gasteiger charge is 2.54. The van der Waals surface area contributed by atoms with E-state index in [2.05, 4.69) is 36.1 Å². The minimum Gasteiger partial charge on any atom is -0.383 e. The Kier molecular flexibility index (Phi) is 5.85. The number of urea groups is 1. The van der Waals surface area contributed by atoms with E-state index >= 15 is 0 Å². The van der Waals surface area contributed by atoms with Crippen molar-refractivity contribution in [2.24, 2.45) is 4.99 Å². The van der Waals surface area contributed by atoms with Gasteiger partial charge in [-0.15, -0.1) is 0 Å². The molecule has 0 aromatic heterocycles. The Morgan fingerprint density at radius 2 is 2.00 bits per heavy atom. The molecule has 1 aromatic rings. The Morgan fingerprint density at radius 3 is 2.70 bits per heavy atom. The van der Waals surface area contributed by atoms with Crippen molar-refractivity contribution in [1.29, 1.82) is 0 Å². The second-order valence-corrected chi connectivity index (χ2v) is 7.97. The minimum absolute atomic E-state index is 0.222. The van der Waals surface area contributed by atoms with E-state index in [9.17, 15) is 9.59 Å². The molecule has 1 atom stereocenters. The average molecular weight is 413 g/mol. The zero-order valence-electron chi connectivity index (χ0n) is 18.0. The molecule has 3 aliphatic rings. The molecule has 1 fully saturated rings. The van der Waals surface area contributed by atoms with Gasteiger partial charge in [-0.3, -0.25) is 14.6 Å². The number of unbranched alkanes of at least 4 members (excludes halogenated alkanes) is 1. The maximum Gasteiger partial charge on any atom is 0.397 e. The molecule has 8 heteroatoms. The number of ether oxygens (including phenoxy) is 1. The Bertz CT molecular complexity index is 893. The van der Waals surface area contributed by atoms with E-state index in [4.69, 9.17) is 9.73 Å². The summed E-state index contributed by atoms with van der Waals surface area (Å²) in [5.74, 6) is 1.05. The number of rotatable bonds is 7. The maximum absolute atomic E-state index is 13.2. The van der Waals surface area contributed by atoms with Gasteiger partial charge in [-0.25, -0.2) is 14.3 Å². The number of benzene rings is 1. The third kappa shape index (κ3) is 3.49. The van der Waals surface area contributed by atoms with Crippen LogP contribution >= 0.6 is 0 Å². The predicted octanol–water partition coefficient (Wildman–Crippen LogP) is 1.93. The van der Waals surface area contributed by atoms with E-state index in [1.54, 1.807) is 14.2 Å². The van der Waals surface area contributed by atoms with Crippen molar-refractivity contribution in [3.63, 3.8) is 0 Å². The summed E-state index contributed by atoms with van der Waals surface area (Å²) in [4.78, 5) is 35.6. The van der Waals surface area contributed by atoms with Crippen LogP contribution in [-0.4, -0.2) is 84.5 Å². The number of hydrogen-bond donors (Lipinski definition) is 0. The van der Waals surface area contributed by atoms with Crippen LogP contribution < -0.4 is 4.90 Å². The van der Waals surface area contributed by atoms with Crippen LogP contribution in [0.15, 0.2) is 29.3 Å². The number of likely N-dealkylation sites (N-methyl/N-ethyl adjacent to an activating group) is 1. The standard InChI is InChI=1S/C22H30N5O3/c1-4-5-7-16-8-10-17(11-9-16)25-12-6-13-26-18-19(23-21(25)26)24(2)22(29)27(20(18)28)14-15-30-3/h8-11,18H,4-7,12-15H2,1-3H3/q+1. The van der Waals surface area contributed by atoms with Gasteiger partial charge in [0.2, 0.25) is 11.9 Å². The first-order valence-corrected chi connectivity index (χ1v) is 10.7. The zero-order chi connectivity index (χ0) is 21.3. The average Bonchev–Trinajstić information content (AvgIpc) is 3.17. The van der Waals surface area contributed by atoms with E-state index in [1.165, 1.54) is 28.2 Å². The molecule has 0 radical (unpaired) electrons. The van der Waals surface area contributed by atoms with Crippen LogP contribution in [0.2, 0.25) is 0 Å². The summed E-state index contributed by atoms with van der Waals surface area (Å²) >= 11 is 0. The lowest BCUT2D eigenvalue weighted by Gasteiger charge is -2.34. The van der Waals surface area contributed by atoms with Gasteiger partial charge in [0.1, 0.15) is 5.69 Å². The summed E-state index contributed by atoms with van der Waals surface area (Å²) in [7, 11) is 3.25.